The van der Waals surface area contributed by atoms with Gasteiger partial charge in [0.1, 0.15) is 23.2 Å². The van der Waals surface area contributed by atoms with Crippen molar-refractivity contribution in [1.82, 2.24) is 4.98 Å². The molecule has 1 aliphatic rings. The number of methoxy groups -OCH3 is 1. The summed E-state index contributed by atoms with van der Waals surface area (Å²) in [5.41, 5.74) is 3.54. The zero-order valence-corrected chi connectivity index (χ0v) is 14.2. The molecule has 0 bridgehead atoms. The molecule has 1 N–H and O–H groups in total. The molecule has 1 aliphatic heterocycles. The number of anilines is 1. The minimum absolute atomic E-state index is 0.128. The van der Waals surface area contributed by atoms with E-state index in [1.807, 2.05) is 60.7 Å². The lowest BCUT2D eigenvalue weighted by Gasteiger charge is -2.07. The number of hydrogen-bond donors (Lipinski definition) is 1. The van der Waals surface area contributed by atoms with Gasteiger partial charge in [0.25, 0.3) is 0 Å². The molecule has 1 atom stereocenters. The van der Waals surface area contributed by atoms with Gasteiger partial charge in [-0.15, -0.1) is 0 Å². The Labute approximate surface area is 151 Å². The van der Waals surface area contributed by atoms with E-state index in [4.69, 9.17) is 4.74 Å². The molecule has 0 saturated carbocycles. The smallest absolute Gasteiger partial charge is 0.238 e. The summed E-state index contributed by atoms with van der Waals surface area (Å²) in [4.78, 5) is 21.3. The molecule has 0 saturated heterocycles. The zero-order valence-electron chi connectivity index (χ0n) is 14.2. The van der Waals surface area contributed by atoms with Crippen LogP contribution in [0.1, 0.15) is 11.5 Å². The Morgan fingerprint density at radius 3 is 2.65 bits per heavy atom. The van der Waals surface area contributed by atoms with Crippen LogP contribution in [0.3, 0.4) is 0 Å². The first kappa shape index (κ1) is 16.0. The summed E-state index contributed by atoms with van der Waals surface area (Å²) in [5.74, 6) is 0.645. The van der Waals surface area contributed by atoms with E-state index in [1.165, 1.54) is 0 Å². The fourth-order valence-electron chi connectivity index (χ4n) is 2.99. The maximum atomic E-state index is 12.4. The largest absolute Gasteiger partial charge is 0.494 e. The van der Waals surface area contributed by atoms with Gasteiger partial charge < -0.3 is 10.1 Å². The van der Waals surface area contributed by atoms with Crippen LogP contribution >= 0.6 is 0 Å². The topological polar surface area (TPSA) is 63.6 Å². The average molecular weight is 343 g/mol. The fraction of sp³-hybridized carbons (Fsp3) is 0.0952. The molecule has 0 radical (unpaired) electrons. The lowest BCUT2D eigenvalue weighted by atomic mass is 9.99. The van der Waals surface area contributed by atoms with E-state index in [9.17, 15) is 4.79 Å². The number of aliphatic imine (C=N–C) groups is 1. The van der Waals surface area contributed by atoms with Gasteiger partial charge >= 0.3 is 0 Å². The van der Waals surface area contributed by atoms with Crippen molar-refractivity contribution in [3.63, 3.8) is 0 Å². The van der Waals surface area contributed by atoms with Crippen LogP contribution in [0.5, 0.6) is 5.75 Å². The first-order valence-corrected chi connectivity index (χ1v) is 8.29. The SMILES string of the molecule is COc1ccccc1N=CC1C(=O)Nc2ncc(-c3ccccc3)cc21. The summed E-state index contributed by atoms with van der Waals surface area (Å²) in [6, 6.07) is 19.4. The van der Waals surface area contributed by atoms with Gasteiger partial charge in [-0.2, -0.15) is 0 Å². The van der Waals surface area contributed by atoms with Crippen LogP contribution in [0.15, 0.2) is 71.9 Å². The molecule has 1 aromatic heterocycles. The molecule has 0 aliphatic carbocycles. The predicted molar refractivity (Wildman–Crippen MR) is 102 cm³/mol. The molecule has 3 aromatic rings. The molecule has 2 heterocycles. The van der Waals surface area contributed by atoms with Crippen molar-refractivity contribution in [3.05, 3.63) is 72.4 Å². The highest BCUT2D eigenvalue weighted by atomic mass is 16.5. The van der Waals surface area contributed by atoms with Crippen molar-refractivity contribution in [1.29, 1.82) is 0 Å². The Morgan fingerprint density at radius 2 is 1.85 bits per heavy atom. The molecule has 4 rings (SSSR count). The van der Waals surface area contributed by atoms with Crippen molar-refractivity contribution in [2.75, 3.05) is 12.4 Å². The number of pyridine rings is 1. The van der Waals surface area contributed by atoms with E-state index in [1.54, 1.807) is 19.5 Å². The fourth-order valence-corrected chi connectivity index (χ4v) is 2.99. The van der Waals surface area contributed by atoms with Gasteiger partial charge in [-0.25, -0.2) is 4.98 Å². The van der Waals surface area contributed by atoms with Crippen LogP contribution in [-0.2, 0) is 4.79 Å². The number of ether oxygens (including phenoxy) is 1. The highest BCUT2D eigenvalue weighted by Gasteiger charge is 2.30. The molecule has 128 valence electrons. The van der Waals surface area contributed by atoms with E-state index in [0.717, 1.165) is 16.7 Å². The number of carbonyl (C=O) groups is 1. The number of fused-ring (bicyclic) bond motifs is 1. The van der Waals surface area contributed by atoms with Crippen LogP contribution in [0, 0.1) is 0 Å². The van der Waals surface area contributed by atoms with Crippen LogP contribution in [-0.4, -0.2) is 24.2 Å². The lowest BCUT2D eigenvalue weighted by Crippen LogP contribution is -2.13. The average Bonchev–Trinajstić information content (AvgIpc) is 3.01. The van der Waals surface area contributed by atoms with Crippen LogP contribution in [0.25, 0.3) is 11.1 Å². The number of nitrogens with zero attached hydrogens (tertiary/aromatic N) is 2. The quantitative estimate of drug-likeness (QED) is 0.722. The second-order valence-corrected chi connectivity index (χ2v) is 5.94. The summed E-state index contributed by atoms with van der Waals surface area (Å²) >= 11 is 0. The third-order valence-corrected chi connectivity index (χ3v) is 4.33. The summed E-state index contributed by atoms with van der Waals surface area (Å²) in [6.07, 6.45) is 3.42. The number of rotatable bonds is 4. The molecule has 5 heteroatoms. The molecule has 2 aromatic carbocycles. The van der Waals surface area contributed by atoms with Gasteiger partial charge in [0, 0.05) is 23.5 Å². The highest BCUT2D eigenvalue weighted by Crippen LogP contribution is 2.34. The maximum absolute atomic E-state index is 12.4. The van der Waals surface area contributed by atoms with Crippen LogP contribution < -0.4 is 10.1 Å². The van der Waals surface area contributed by atoms with Crippen molar-refractivity contribution in [2.24, 2.45) is 4.99 Å². The molecule has 0 spiro atoms. The number of para-hydroxylation sites is 2. The minimum Gasteiger partial charge on any atom is -0.494 e. The number of carbonyl (C=O) groups excluding carboxylic acids is 1. The van der Waals surface area contributed by atoms with Crippen LogP contribution in [0.2, 0.25) is 0 Å². The van der Waals surface area contributed by atoms with Gasteiger partial charge in [0.15, 0.2) is 0 Å². The van der Waals surface area contributed by atoms with Crippen molar-refractivity contribution in [2.45, 2.75) is 5.92 Å². The summed E-state index contributed by atoms with van der Waals surface area (Å²) in [6.45, 7) is 0. The highest BCUT2D eigenvalue weighted by molar-refractivity contribution is 6.12. The standard InChI is InChI=1S/C21H17N3O2/c1-26-19-10-6-5-9-18(19)22-13-17-16-11-15(14-7-3-2-4-8-14)12-23-20(16)24-21(17)25/h2-13,17H,1H3,(H,23,24,25). The van der Waals surface area contributed by atoms with Crippen LogP contribution in [0.4, 0.5) is 11.5 Å². The molecule has 1 amide bonds. The van der Waals surface area contributed by atoms with Crippen molar-refractivity contribution < 1.29 is 9.53 Å². The lowest BCUT2D eigenvalue weighted by molar-refractivity contribution is -0.115. The van der Waals surface area contributed by atoms with E-state index in [-0.39, 0.29) is 5.91 Å². The van der Waals surface area contributed by atoms with E-state index < -0.39 is 5.92 Å². The summed E-state index contributed by atoms with van der Waals surface area (Å²) in [7, 11) is 1.60. The number of benzene rings is 2. The first-order chi connectivity index (χ1) is 12.8. The minimum atomic E-state index is -0.480. The molecule has 5 nitrogen and oxygen atoms in total. The van der Waals surface area contributed by atoms with Gasteiger partial charge in [-0.05, 0) is 23.8 Å². The summed E-state index contributed by atoms with van der Waals surface area (Å²) < 4.78 is 5.31. The van der Waals surface area contributed by atoms with E-state index >= 15 is 0 Å². The van der Waals surface area contributed by atoms with E-state index in [0.29, 0.717) is 17.3 Å². The summed E-state index contributed by atoms with van der Waals surface area (Å²) in [5, 5.41) is 2.82. The van der Waals surface area contributed by atoms with Gasteiger partial charge in [-0.1, -0.05) is 42.5 Å². The van der Waals surface area contributed by atoms with Gasteiger partial charge in [0.2, 0.25) is 5.91 Å². The Bertz CT molecular complexity index is 984. The van der Waals surface area contributed by atoms with Crippen molar-refractivity contribution >= 4 is 23.6 Å². The second kappa shape index (κ2) is 6.80. The molecular weight excluding hydrogens is 326 g/mol. The molecule has 1 unspecified atom stereocenters. The third-order valence-electron chi connectivity index (χ3n) is 4.33. The normalized spacial score (nSPS) is 15.7. The third kappa shape index (κ3) is 2.95. The monoisotopic (exact) mass is 343 g/mol. The number of nitrogens with one attached hydrogen (secondary N) is 1. The first-order valence-electron chi connectivity index (χ1n) is 8.29. The number of amides is 1. The molecular formula is C21H17N3O2. The Morgan fingerprint density at radius 1 is 1.08 bits per heavy atom. The maximum Gasteiger partial charge on any atom is 0.238 e. The van der Waals surface area contributed by atoms with Gasteiger partial charge in [-0.3, -0.25) is 9.79 Å². The van der Waals surface area contributed by atoms with E-state index in [2.05, 4.69) is 15.3 Å². The Kier molecular flexibility index (Phi) is 4.19. The predicted octanol–water partition coefficient (Wildman–Crippen LogP) is 4.20. The Balaban J connectivity index is 1.69. The van der Waals surface area contributed by atoms with Gasteiger partial charge in [0.05, 0.1) is 7.11 Å². The Hall–Kier alpha value is -3.47. The second-order valence-electron chi connectivity index (χ2n) is 5.94. The number of aromatic nitrogens is 1. The zero-order chi connectivity index (χ0) is 17.9. The molecule has 0 fully saturated rings. The molecule has 26 heavy (non-hydrogen) atoms. The number of hydrogen-bond acceptors (Lipinski definition) is 4. The van der Waals surface area contributed by atoms with Crippen molar-refractivity contribution in [3.8, 4) is 16.9 Å².